The molecule has 28 heavy (non-hydrogen) atoms. The first-order chi connectivity index (χ1) is 13.5. The average Bonchev–Trinajstić information content (AvgIpc) is 3.04. The number of hydrogen-bond acceptors (Lipinski definition) is 5. The summed E-state index contributed by atoms with van der Waals surface area (Å²) < 4.78 is 5.84. The molecular weight excluding hydrogens is 358 g/mol. The number of carbonyl (C=O) groups is 3. The molecule has 3 aliphatic heterocycles. The molecule has 0 aliphatic carbocycles. The molecule has 150 valence electrons. The SMILES string of the molecule is CCC1(c2ccc3c(c2OC)CN(C2CCC(=O)NC2=O)C3=O)CCNCC1. The second-order valence-corrected chi connectivity index (χ2v) is 7.96. The molecule has 7 nitrogen and oxygen atoms in total. The van der Waals surface area contributed by atoms with Crippen LogP contribution in [-0.4, -0.2) is 48.9 Å². The lowest BCUT2D eigenvalue weighted by Crippen LogP contribution is -2.52. The highest BCUT2D eigenvalue weighted by Gasteiger charge is 2.42. The van der Waals surface area contributed by atoms with E-state index in [1.54, 1.807) is 12.0 Å². The van der Waals surface area contributed by atoms with Gasteiger partial charge in [0.1, 0.15) is 11.8 Å². The molecule has 0 radical (unpaired) electrons. The zero-order valence-corrected chi connectivity index (χ0v) is 16.5. The summed E-state index contributed by atoms with van der Waals surface area (Å²) >= 11 is 0. The van der Waals surface area contributed by atoms with Gasteiger partial charge in [0, 0.05) is 28.5 Å². The summed E-state index contributed by atoms with van der Waals surface area (Å²) in [5.41, 5.74) is 2.67. The lowest BCUT2D eigenvalue weighted by Gasteiger charge is -2.38. The van der Waals surface area contributed by atoms with E-state index < -0.39 is 6.04 Å². The average molecular weight is 385 g/mol. The van der Waals surface area contributed by atoms with Gasteiger partial charge >= 0.3 is 0 Å². The minimum Gasteiger partial charge on any atom is -0.496 e. The lowest BCUT2D eigenvalue weighted by molar-refractivity contribution is -0.136. The molecule has 0 saturated carbocycles. The normalized spacial score (nSPS) is 24.1. The van der Waals surface area contributed by atoms with Crippen LogP contribution < -0.4 is 15.4 Å². The Morgan fingerprint density at radius 1 is 1.21 bits per heavy atom. The summed E-state index contributed by atoms with van der Waals surface area (Å²) in [6, 6.07) is 3.32. The van der Waals surface area contributed by atoms with Crippen molar-refractivity contribution in [2.24, 2.45) is 0 Å². The topological polar surface area (TPSA) is 87.7 Å². The number of fused-ring (bicyclic) bond motifs is 1. The highest BCUT2D eigenvalue weighted by Crippen LogP contribution is 2.45. The third-order valence-corrected chi connectivity index (χ3v) is 6.68. The van der Waals surface area contributed by atoms with E-state index in [-0.39, 0.29) is 29.6 Å². The fourth-order valence-corrected chi connectivity index (χ4v) is 4.98. The predicted molar refractivity (Wildman–Crippen MR) is 103 cm³/mol. The van der Waals surface area contributed by atoms with Gasteiger partial charge in [0.25, 0.3) is 5.91 Å². The number of imide groups is 1. The van der Waals surface area contributed by atoms with Crippen molar-refractivity contribution in [1.82, 2.24) is 15.5 Å². The molecule has 3 aliphatic rings. The fourth-order valence-electron chi connectivity index (χ4n) is 4.98. The van der Waals surface area contributed by atoms with Crippen LogP contribution in [0, 0.1) is 0 Å². The summed E-state index contributed by atoms with van der Waals surface area (Å²) in [5.74, 6) is -0.0457. The van der Waals surface area contributed by atoms with Crippen molar-refractivity contribution >= 4 is 17.7 Å². The molecule has 2 saturated heterocycles. The number of amides is 3. The summed E-state index contributed by atoms with van der Waals surface area (Å²) in [5, 5.41) is 5.77. The lowest BCUT2D eigenvalue weighted by atomic mass is 9.70. The van der Waals surface area contributed by atoms with Crippen molar-refractivity contribution in [3.05, 3.63) is 28.8 Å². The molecule has 7 heteroatoms. The molecule has 1 atom stereocenters. The fraction of sp³-hybridized carbons (Fsp3) is 0.571. The summed E-state index contributed by atoms with van der Waals surface area (Å²) in [6.45, 7) is 4.49. The number of carbonyl (C=O) groups excluding carboxylic acids is 3. The first-order valence-corrected chi connectivity index (χ1v) is 10.1. The number of hydrogen-bond donors (Lipinski definition) is 2. The van der Waals surface area contributed by atoms with Gasteiger partial charge in [-0.15, -0.1) is 0 Å². The zero-order valence-electron chi connectivity index (χ0n) is 16.5. The van der Waals surface area contributed by atoms with E-state index in [9.17, 15) is 14.4 Å². The number of piperidine rings is 2. The molecule has 3 heterocycles. The Morgan fingerprint density at radius 2 is 1.96 bits per heavy atom. The van der Waals surface area contributed by atoms with Gasteiger partial charge in [0.15, 0.2) is 0 Å². The number of methoxy groups -OCH3 is 1. The van der Waals surface area contributed by atoms with Gasteiger partial charge in [-0.05, 0) is 44.8 Å². The van der Waals surface area contributed by atoms with Crippen LogP contribution in [0.25, 0.3) is 0 Å². The van der Waals surface area contributed by atoms with Crippen molar-refractivity contribution in [1.29, 1.82) is 0 Å². The second kappa shape index (κ2) is 7.20. The number of rotatable bonds is 4. The van der Waals surface area contributed by atoms with Crippen molar-refractivity contribution in [3.8, 4) is 5.75 Å². The number of nitrogens with zero attached hydrogens (tertiary/aromatic N) is 1. The number of benzene rings is 1. The van der Waals surface area contributed by atoms with Gasteiger partial charge in [-0.3, -0.25) is 19.7 Å². The Morgan fingerprint density at radius 3 is 2.61 bits per heavy atom. The minimum atomic E-state index is -0.607. The first-order valence-electron chi connectivity index (χ1n) is 10.1. The van der Waals surface area contributed by atoms with E-state index in [0.29, 0.717) is 18.5 Å². The summed E-state index contributed by atoms with van der Waals surface area (Å²) in [4.78, 5) is 38.4. The highest BCUT2D eigenvalue weighted by atomic mass is 16.5. The maximum absolute atomic E-state index is 13.0. The third kappa shape index (κ3) is 2.89. The highest BCUT2D eigenvalue weighted by molar-refractivity contribution is 6.05. The molecule has 3 amide bonds. The molecule has 1 unspecified atom stereocenters. The molecule has 2 fully saturated rings. The van der Waals surface area contributed by atoms with Gasteiger partial charge in [0.05, 0.1) is 13.7 Å². The zero-order chi connectivity index (χ0) is 19.9. The largest absolute Gasteiger partial charge is 0.496 e. The molecule has 4 rings (SSSR count). The Labute approximate surface area is 164 Å². The van der Waals surface area contributed by atoms with E-state index in [0.717, 1.165) is 49.2 Å². The Balaban J connectivity index is 1.70. The van der Waals surface area contributed by atoms with Crippen molar-refractivity contribution < 1.29 is 19.1 Å². The summed E-state index contributed by atoms with van der Waals surface area (Å²) in [6.07, 6.45) is 3.69. The van der Waals surface area contributed by atoms with Gasteiger partial charge in [-0.25, -0.2) is 0 Å². The van der Waals surface area contributed by atoms with E-state index in [2.05, 4.69) is 17.6 Å². The van der Waals surface area contributed by atoms with Crippen molar-refractivity contribution in [3.63, 3.8) is 0 Å². The van der Waals surface area contributed by atoms with E-state index in [4.69, 9.17) is 4.74 Å². The van der Waals surface area contributed by atoms with Gasteiger partial charge in [0.2, 0.25) is 11.8 Å². The van der Waals surface area contributed by atoms with Gasteiger partial charge < -0.3 is 15.0 Å². The quantitative estimate of drug-likeness (QED) is 0.767. The first kappa shape index (κ1) is 18.9. The van der Waals surface area contributed by atoms with E-state index in [1.807, 2.05) is 12.1 Å². The van der Waals surface area contributed by atoms with Crippen LogP contribution in [-0.2, 0) is 21.5 Å². The Bertz CT molecular complexity index is 829. The maximum Gasteiger partial charge on any atom is 0.255 e. The van der Waals surface area contributed by atoms with Crippen LogP contribution in [0.2, 0.25) is 0 Å². The summed E-state index contributed by atoms with van der Waals surface area (Å²) in [7, 11) is 1.66. The monoisotopic (exact) mass is 385 g/mol. The van der Waals surface area contributed by atoms with Crippen LogP contribution >= 0.6 is 0 Å². The molecule has 0 bridgehead atoms. The molecule has 2 N–H and O–H groups in total. The Kier molecular flexibility index (Phi) is 4.87. The van der Waals surface area contributed by atoms with E-state index in [1.165, 1.54) is 0 Å². The van der Waals surface area contributed by atoms with Gasteiger partial charge in [-0.1, -0.05) is 13.0 Å². The minimum absolute atomic E-state index is 0.0384. The standard InChI is InChI=1S/C21H27N3O4/c1-3-21(8-10-22-11-9-21)15-5-4-13-14(18(15)28-2)12-24(20(13)27)16-6-7-17(25)23-19(16)26/h4-5,16,22H,3,6-12H2,1-2H3,(H,23,25,26). The Hall–Kier alpha value is -2.41. The van der Waals surface area contributed by atoms with Crippen molar-refractivity contribution in [2.45, 2.75) is 57.0 Å². The molecular formula is C21H27N3O4. The van der Waals surface area contributed by atoms with E-state index >= 15 is 0 Å². The van der Waals surface area contributed by atoms with Crippen LogP contribution in [0.5, 0.6) is 5.75 Å². The molecule has 0 spiro atoms. The van der Waals surface area contributed by atoms with Gasteiger partial charge in [-0.2, -0.15) is 0 Å². The smallest absolute Gasteiger partial charge is 0.255 e. The van der Waals surface area contributed by atoms with Crippen LogP contribution in [0.4, 0.5) is 0 Å². The van der Waals surface area contributed by atoms with Crippen LogP contribution in [0.3, 0.4) is 0 Å². The van der Waals surface area contributed by atoms with Crippen LogP contribution in [0.1, 0.15) is 60.5 Å². The maximum atomic E-state index is 13.0. The van der Waals surface area contributed by atoms with Crippen LogP contribution in [0.15, 0.2) is 12.1 Å². The number of ether oxygens (including phenoxy) is 1. The third-order valence-electron chi connectivity index (χ3n) is 6.68. The predicted octanol–water partition coefficient (Wildman–Crippen LogP) is 1.49. The second-order valence-electron chi connectivity index (χ2n) is 7.96. The van der Waals surface area contributed by atoms with Crippen molar-refractivity contribution in [2.75, 3.05) is 20.2 Å². The molecule has 1 aromatic carbocycles. The number of nitrogens with one attached hydrogen (secondary N) is 2. The molecule has 1 aromatic rings. The molecule has 0 aromatic heterocycles.